The number of rotatable bonds is 14. The average molecular weight is 667 g/mol. The lowest BCUT2D eigenvalue weighted by molar-refractivity contribution is -0.371. The minimum absolute atomic E-state index is 0.0957. The normalized spacial score (nSPS) is 45.4. The second-order valence-corrected chi connectivity index (χ2v) is 10.8. The summed E-state index contributed by atoms with van der Waals surface area (Å²) in [5.41, 5.74) is 0. The summed E-state index contributed by atoms with van der Waals surface area (Å²) in [6.07, 6.45) is -35.3. The summed E-state index contributed by atoms with van der Waals surface area (Å²) in [5, 5.41) is 141. The molecule has 0 spiro atoms. The maximum atomic E-state index is 10.9. The van der Waals surface area contributed by atoms with Crippen molar-refractivity contribution in [2.45, 2.75) is 117 Å². The molecule has 3 rings (SSSR count). The van der Waals surface area contributed by atoms with E-state index in [1.165, 1.54) is 0 Å². The molecule has 3 aliphatic rings. The van der Waals surface area contributed by atoms with Gasteiger partial charge in [0.2, 0.25) is 0 Å². The maximum Gasteiger partial charge on any atom is 0.187 e. The molecule has 3 aliphatic heterocycles. The van der Waals surface area contributed by atoms with Crippen molar-refractivity contribution in [2.75, 3.05) is 26.4 Å². The molecule has 0 radical (unpaired) electrons. The third kappa shape index (κ3) is 8.48. The number of hydrogen-bond acceptors (Lipinski definition) is 21. The zero-order chi connectivity index (χ0) is 33.7. The zero-order valence-corrected chi connectivity index (χ0v) is 23.5. The maximum absolute atomic E-state index is 10.9. The molecule has 0 saturated carbocycles. The first kappa shape index (κ1) is 38.3. The van der Waals surface area contributed by atoms with Crippen LogP contribution in [0, 0.1) is 0 Å². The van der Waals surface area contributed by atoms with Gasteiger partial charge in [0.25, 0.3) is 0 Å². The van der Waals surface area contributed by atoms with E-state index < -0.39 is 143 Å². The van der Waals surface area contributed by atoms with E-state index in [9.17, 15) is 76.3 Å². The fourth-order valence-electron chi connectivity index (χ4n) is 4.98. The molecule has 264 valence electrons. The van der Waals surface area contributed by atoms with E-state index >= 15 is 0 Å². The van der Waals surface area contributed by atoms with Crippen LogP contribution in [-0.4, -0.2) is 221 Å². The molecule has 21 nitrogen and oxygen atoms in total. The quantitative estimate of drug-likeness (QED) is 0.0765. The third-order valence-corrected chi connectivity index (χ3v) is 7.74. The van der Waals surface area contributed by atoms with E-state index in [4.69, 9.17) is 28.4 Å². The van der Waals surface area contributed by atoms with Gasteiger partial charge in [-0.1, -0.05) is 0 Å². The smallest absolute Gasteiger partial charge is 0.187 e. The van der Waals surface area contributed by atoms with Gasteiger partial charge in [0.05, 0.1) is 26.4 Å². The molecule has 0 aromatic carbocycles. The lowest BCUT2D eigenvalue weighted by atomic mass is 9.96. The molecule has 21 heteroatoms. The number of carbonyl (C=O) groups excluding carboxylic acids is 1. The number of carbonyl (C=O) groups is 1. The number of aliphatic hydroxyl groups is 14. The highest BCUT2D eigenvalue weighted by atomic mass is 16.8. The first-order valence-electron chi connectivity index (χ1n) is 13.9. The van der Waals surface area contributed by atoms with Gasteiger partial charge in [0, 0.05) is 0 Å². The topological polar surface area (TPSA) is 356 Å². The summed E-state index contributed by atoms with van der Waals surface area (Å²) < 4.78 is 32.2. The van der Waals surface area contributed by atoms with Gasteiger partial charge in [-0.2, -0.15) is 0 Å². The molecule has 0 aromatic rings. The standard InChI is InChI=1S/C24H42O21/c25-1-6(29)11(31)20(7(30)2-26)44-24-19(39)16(36)21(9(4-28)42-24)45-23-18(38)15(35)13(33)10(43-23)5-40-22-17(37)14(34)12(32)8(3-27)41-22/h1,6-24,26-39H,2-5H2/t6-,7+,8+,9+,10+,11+,12+,13+,14-,15-,16+,17+,18+,19+,20+,21+,22-,23+,24+/m0/s1. The summed E-state index contributed by atoms with van der Waals surface area (Å²) in [5.74, 6) is 0. The van der Waals surface area contributed by atoms with Gasteiger partial charge in [-0.25, -0.2) is 0 Å². The number of aldehydes is 1. The van der Waals surface area contributed by atoms with Crippen LogP contribution in [0.1, 0.15) is 0 Å². The monoisotopic (exact) mass is 666 g/mol. The Labute approximate surface area is 254 Å². The van der Waals surface area contributed by atoms with Gasteiger partial charge >= 0.3 is 0 Å². The van der Waals surface area contributed by atoms with Crippen molar-refractivity contribution in [1.29, 1.82) is 0 Å². The van der Waals surface area contributed by atoms with Crippen molar-refractivity contribution in [3.05, 3.63) is 0 Å². The van der Waals surface area contributed by atoms with Crippen LogP contribution in [0.5, 0.6) is 0 Å². The van der Waals surface area contributed by atoms with Gasteiger partial charge in [0.1, 0.15) is 97.7 Å². The third-order valence-electron chi connectivity index (χ3n) is 7.74. The molecule has 0 unspecified atom stereocenters. The summed E-state index contributed by atoms with van der Waals surface area (Å²) in [7, 11) is 0. The molecule has 14 N–H and O–H groups in total. The first-order valence-corrected chi connectivity index (χ1v) is 13.9. The molecule has 45 heavy (non-hydrogen) atoms. The van der Waals surface area contributed by atoms with Gasteiger partial charge < -0.3 is 105 Å². The Balaban J connectivity index is 1.70. The molecule has 19 atom stereocenters. The molecule has 3 heterocycles. The van der Waals surface area contributed by atoms with E-state index in [0.717, 1.165) is 0 Å². The van der Waals surface area contributed by atoms with Gasteiger partial charge in [-0.15, -0.1) is 0 Å². The Bertz CT molecular complexity index is 897. The molecule has 0 bridgehead atoms. The molecule has 0 aliphatic carbocycles. The van der Waals surface area contributed by atoms with E-state index in [1.54, 1.807) is 0 Å². The molecule has 0 aromatic heterocycles. The Morgan fingerprint density at radius 1 is 0.622 bits per heavy atom. The predicted molar refractivity (Wildman–Crippen MR) is 135 cm³/mol. The highest BCUT2D eigenvalue weighted by Crippen LogP contribution is 2.31. The van der Waals surface area contributed by atoms with Crippen molar-refractivity contribution in [3.8, 4) is 0 Å². The summed E-state index contributed by atoms with van der Waals surface area (Å²) in [6, 6.07) is 0. The Morgan fingerprint density at radius 3 is 1.69 bits per heavy atom. The van der Waals surface area contributed by atoms with Crippen LogP contribution in [0.15, 0.2) is 0 Å². The molecule has 3 fully saturated rings. The van der Waals surface area contributed by atoms with Crippen LogP contribution in [0.4, 0.5) is 0 Å². The van der Waals surface area contributed by atoms with Crippen LogP contribution in [0.25, 0.3) is 0 Å². The summed E-state index contributed by atoms with van der Waals surface area (Å²) in [4.78, 5) is 10.9. The molecular formula is C24H42O21. The van der Waals surface area contributed by atoms with Crippen molar-refractivity contribution >= 4 is 6.29 Å². The lowest BCUT2D eigenvalue weighted by Crippen LogP contribution is -2.65. The van der Waals surface area contributed by atoms with Gasteiger partial charge in [0.15, 0.2) is 25.2 Å². The van der Waals surface area contributed by atoms with Gasteiger partial charge in [-0.3, -0.25) is 0 Å². The zero-order valence-electron chi connectivity index (χ0n) is 23.5. The Hall–Kier alpha value is -1.13. The van der Waals surface area contributed by atoms with Crippen LogP contribution in [-0.2, 0) is 33.2 Å². The van der Waals surface area contributed by atoms with Crippen molar-refractivity contribution in [3.63, 3.8) is 0 Å². The molecular weight excluding hydrogens is 624 g/mol. The Kier molecular flexibility index (Phi) is 14.3. The SMILES string of the molecule is O=C[C@H](O)[C@@H](O)[C@H](O[C@H]1O[C@H](CO)[C@@H](O[C@H]2O[C@H](CO[C@H]3O[C@H](CO)[C@@H](O)[C@H](O)[C@H]3O)[C@@H](O)[C@H](O)[C@H]2O)[C@H](O)[C@H]1O)[C@H](O)CO. The lowest BCUT2D eigenvalue weighted by Gasteiger charge is -2.47. The predicted octanol–water partition coefficient (Wildman–Crippen LogP) is -9.91. The Morgan fingerprint density at radius 2 is 1.13 bits per heavy atom. The van der Waals surface area contributed by atoms with Crippen LogP contribution >= 0.6 is 0 Å². The largest absolute Gasteiger partial charge is 0.394 e. The molecule has 3 saturated heterocycles. The average Bonchev–Trinajstić information content (AvgIpc) is 3.04. The van der Waals surface area contributed by atoms with Crippen molar-refractivity contribution < 1.29 is 105 Å². The van der Waals surface area contributed by atoms with Crippen LogP contribution in [0.2, 0.25) is 0 Å². The van der Waals surface area contributed by atoms with E-state index in [1.807, 2.05) is 0 Å². The summed E-state index contributed by atoms with van der Waals surface area (Å²) >= 11 is 0. The summed E-state index contributed by atoms with van der Waals surface area (Å²) in [6.45, 7) is -3.46. The van der Waals surface area contributed by atoms with Crippen molar-refractivity contribution in [1.82, 2.24) is 0 Å². The molecule has 0 amide bonds. The number of ether oxygens (including phenoxy) is 6. The first-order chi connectivity index (χ1) is 21.2. The van der Waals surface area contributed by atoms with E-state index in [2.05, 4.69) is 0 Å². The minimum atomic E-state index is -2.14. The van der Waals surface area contributed by atoms with Crippen molar-refractivity contribution in [2.24, 2.45) is 0 Å². The number of aliphatic hydroxyl groups excluding tert-OH is 14. The second kappa shape index (κ2) is 16.8. The van der Waals surface area contributed by atoms with E-state index in [-0.39, 0.29) is 6.29 Å². The van der Waals surface area contributed by atoms with Crippen LogP contribution in [0.3, 0.4) is 0 Å². The van der Waals surface area contributed by atoms with E-state index in [0.29, 0.717) is 0 Å². The minimum Gasteiger partial charge on any atom is -0.394 e. The second-order valence-electron chi connectivity index (χ2n) is 10.8. The van der Waals surface area contributed by atoms with Gasteiger partial charge in [-0.05, 0) is 0 Å². The van der Waals surface area contributed by atoms with Crippen LogP contribution < -0.4 is 0 Å². The fourth-order valence-corrected chi connectivity index (χ4v) is 4.98. The highest BCUT2D eigenvalue weighted by molar-refractivity contribution is 5.56. The number of hydrogen-bond donors (Lipinski definition) is 14. The highest BCUT2D eigenvalue weighted by Gasteiger charge is 2.52. The fraction of sp³-hybridized carbons (Fsp3) is 0.958.